The normalized spacial score (nSPS) is 24.5. The topological polar surface area (TPSA) is 47.3 Å². The van der Waals surface area contributed by atoms with Gasteiger partial charge in [-0.15, -0.1) is 0 Å². The molecule has 2 rings (SSSR count). The van der Waals surface area contributed by atoms with Crippen LogP contribution in [-0.4, -0.2) is 7.11 Å². The summed E-state index contributed by atoms with van der Waals surface area (Å²) in [5.74, 6) is 8.22. The number of hydrazine groups is 1. The van der Waals surface area contributed by atoms with Gasteiger partial charge in [0.25, 0.3) is 0 Å². The molecule has 3 N–H and O–H groups in total. The van der Waals surface area contributed by atoms with E-state index in [9.17, 15) is 0 Å². The van der Waals surface area contributed by atoms with Crippen LogP contribution in [0.2, 0.25) is 0 Å². The van der Waals surface area contributed by atoms with Gasteiger partial charge in [0.05, 0.1) is 13.2 Å². The molecule has 1 fully saturated rings. The van der Waals surface area contributed by atoms with E-state index in [1.165, 1.54) is 36.0 Å². The van der Waals surface area contributed by atoms with Crippen LogP contribution in [0.3, 0.4) is 0 Å². The second kappa shape index (κ2) is 5.93. The van der Waals surface area contributed by atoms with E-state index in [1.807, 2.05) is 0 Å². The lowest BCUT2D eigenvalue weighted by molar-refractivity contribution is 0.341. The third kappa shape index (κ3) is 2.93. The second-order valence-electron chi connectivity index (χ2n) is 6.02. The minimum atomic E-state index is 0.195. The van der Waals surface area contributed by atoms with Crippen molar-refractivity contribution in [2.45, 2.75) is 46.1 Å². The zero-order chi connectivity index (χ0) is 14.0. The number of nitrogens with two attached hydrogens (primary N) is 1. The molecule has 0 radical (unpaired) electrons. The smallest absolute Gasteiger partial charge is 0.124 e. The third-order valence-electron chi connectivity index (χ3n) is 4.41. The average Bonchev–Trinajstić information content (AvgIpc) is 2.78. The Hall–Kier alpha value is -1.06. The largest absolute Gasteiger partial charge is 0.496 e. The first-order valence-electron chi connectivity index (χ1n) is 7.18. The third-order valence-corrected chi connectivity index (χ3v) is 4.41. The SMILES string of the molecule is COc1cc(C)cc(C)c1C(NN)C1CCC(C)C1. The van der Waals surface area contributed by atoms with Crippen molar-refractivity contribution in [3.05, 3.63) is 28.8 Å². The molecule has 0 bridgehead atoms. The summed E-state index contributed by atoms with van der Waals surface area (Å²) in [4.78, 5) is 0. The monoisotopic (exact) mass is 262 g/mol. The minimum absolute atomic E-state index is 0.195. The molecule has 1 saturated carbocycles. The summed E-state index contributed by atoms with van der Waals surface area (Å²) in [5, 5.41) is 0. The van der Waals surface area contributed by atoms with Crippen molar-refractivity contribution in [3.63, 3.8) is 0 Å². The molecule has 3 nitrogen and oxygen atoms in total. The van der Waals surface area contributed by atoms with Crippen LogP contribution in [0.5, 0.6) is 5.75 Å². The van der Waals surface area contributed by atoms with Gasteiger partial charge in [0, 0.05) is 5.56 Å². The van der Waals surface area contributed by atoms with Gasteiger partial charge in [-0.1, -0.05) is 19.4 Å². The minimum Gasteiger partial charge on any atom is -0.496 e. The second-order valence-corrected chi connectivity index (χ2v) is 6.02. The van der Waals surface area contributed by atoms with Crippen molar-refractivity contribution >= 4 is 0 Å². The van der Waals surface area contributed by atoms with E-state index < -0.39 is 0 Å². The van der Waals surface area contributed by atoms with Gasteiger partial charge < -0.3 is 4.74 Å². The van der Waals surface area contributed by atoms with Gasteiger partial charge in [0.15, 0.2) is 0 Å². The molecule has 0 amide bonds. The molecule has 3 atom stereocenters. The van der Waals surface area contributed by atoms with Crippen LogP contribution in [-0.2, 0) is 0 Å². The summed E-state index contributed by atoms with van der Waals surface area (Å²) in [6.07, 6.45) is 3.79. The van der Waals surface area contributed by atoms with Crippen LogP contribution in [0.25, 0.3) is 0 Å². The van der Waals surface area contributed by atoms with Crippen LogP contribution in [0.4, 0.5) is 0 Å². The highest BCUT2D eigenvalue weighted by Gasteiger charge is 2.31. The first-order chi connectivity index (χ1) is 9.06. The standard InChI is InChI=1S/C16H26N2O/c1-10-5-6-13(8-10)16(18-17)15-12(3)7-11(2)9-14(15)19-4/h7,9-10,13,16,18H,5-6,8,17H2,1-4H3. The molecule has 0 saturated heterocycles. The number of nitrogens with one attached hydrogen (secondary N) is 1. The fraction of sp³-hybridized carbons (Fsp3) is 0.625. The van der Waals surface area contributed by atoms with Crippen molar-refractivity contribution < 1.29 is 4.74 Å². The Morgan fingerprint density at radius 2 is 2.05 bits per heavy atom. The number of aryl methyl sites for hydroxylation is 2. The zero-order valence-electron chi connectivity index (χ0n) is 12.5. The maximum Gasteiger partial charge on any atom is 0.124 e. The number of methoxy groups -OCH3 is 1. The van der Waals surface area contributed by atoms with E-state index in [4.69, 9.17) is 10.6 Å². The first kappa shape index (κ1) is 14.4. The van der Waals surface area contributed by atoms with Crippen LogP contribution < -0.4 is 16.0 Å². The molecule has 3 unspecified atom stereocenters. The molecule has 106 valence electrons. The van der Waals surface area contributed by atoms with Crippen molar-refractivity contribution in [3.8, 4) is 5.75 Å². The molecule has 0 aliphatic heterocycles. The number of hydrogen-bond acceptors (Lipinski definition) is 3. The Balaban J connectivity index is 2.37. The molecule has 1 aromatic rings. The number of ether oxygens (including phenoxy) is 1. The first-order valence-corrected chi connectivity index (χ1v) is 7.18. The fourth-order valence-electron chi connectivity index (χ4n) is 3.52. The highest BCUT2D eigenvalue weighted by molar-refractivity contribution is 5.45. The van der Waals surface area contributed by atoms with Crippen molar-refractivity contribution in [2.24, 2.45) is 17.7 Å². The van der Waals surface area contributed by atoms with Crippen LogP contribution >= 0.6 is 0 Å². The Bertz CT molecular complexity index is 445. The Labute approximate surface area is 116 Å². The maximum atomic E-state index is 5.86. The lowest BCUT2D eigenvalue weighted by Gasteiger charge is -2.27. The lowest BCUT2D eigenvalue weighted by Crippen LogP contribution is -2.33. The summed E-state index contributed by atoms with van der Waals surface area (Å²) in [6, 6.07) is 4.51. The number of rotatable bonds is 4. The highest BCUT2D eigenvalue weighted by Crippen LogP contribution is 2.42. The van der Waals surface area contributed by atoms with Crippen molar-refractivity contribution in [1.29, 1.82) is 0 Å². The highest BCUT2D eigenvalue weighted by atomic mass is 16.5. The Kier molecular flexibility index (Phi) is 4.48. The van der Waals surface area contributed by atoms with Crippen molar-refractivity contribution in [1.82, 2.24) is 5.43 Å². The number of benzene rings is 1. The van der Waals surface area contributed by atoms with E-state index in [-0.39, 0.29) is 6.04 Å². The van der Waals surface area contributed by atoms with E-state index in [0.29, 0.717) is 5.92 Å². The van der Waals surface area contributed by atoms with Gasteiger partial charge in [-0.05, 0) is 55.7 Å². The zero-order valence-corrected chi connectivity index (χ0v) is 12.5. The van der Waals surface area contributed by atoms with Gasteiger partial charge in [0.1, 0.15) is 5.75 Å². The van der Waals surface area contributed by atoms with Crippen LogP contribution in [0.15, 0.2) is 12.1 Å². The lowest BCUT2D eigenvalue weighted by atomic mass is 9.87. The molecule has 0 heterocycles. The van der Waals surface area contributed by atoms with E-state index in [1.54, 1.807) is 7.11 Å². The molecule has 0 spiro atoms. The molecule has 1 aromatic carbocycles. The summed E-state index contributed by atoms with van der Waals surface area (Å²) in [7, 11) is 1.74. The predicted molar refractivity (Wildman–Crippen MR) is 79.0 cm³/mol. The molecule has 1 aliphatic carbocycles. The van der Waals surface area contributed by atoms with Crippen LogP contribution in [0, 0.1) is 25.7 Å². The summed E-state index contributed by atoms with van der Waals surface area (Å²) < 4.78 is 5.58. The molecule has 3 heteroatoms. The van der Waals surface area contributed by atoms with E-state index in [2.05, 4.69) is 38.3 Å². The summed E-state index contributed by atoms with van der Waals surface area (Å²) in [5.41, 5.74) is 6.76. The summed E-state index contributed by atoms with van der Waals surface area (Å²) >= 11 is 0. The average molecular weight is 262 g/mol. The van der Waals surface area contributed by atoms with Crippen molar-refractivity contribution in [2.75, 3.05) is 7.11 Å². The maximum absolute atomic E-state index is 5.86. The van der Waals surface area contributed by atoms with Gasteiger partial charge >= 0.3 is 0 Å². The van der Waals surface area contributed by atoms with E-state index >= 15 is 0 Å². The molecular weight excluding hydrogens is 236 g/mol. The van der Waals surface area contributed by atoms with Crippen LogP contribution in [0.1, 0.15) is 48.9 Å². The predicted octanol–water partition coefficient (Wildman–Crippen LogP) is 3.25. The fourth-order valence-corrected chi connectivity index (χ4v) is 3.52. The Morgan fingerprint density at radius 3 is 2.58 bits per heavy atom. The van der Waals surface area contributed by atoms with Gasteiger partial charge in [0.2, 0.25) is 0 Å². The van der Waals surface area contributed by atoms with Gasteiger partial charge in [-0.25, -0.2) is 0 Å². The van der Waals surface area contributed by atoms with Gasteiger partial charge in [-0.2, -0.15) is 0 Å². The van der Waals surface area contributed by atoms with E-state index in [0.717, 1.165) is 11.7 Å². The van der Waals surface area contributed by atoms with Gasteiger partial charge in [-0.3, -0.25) is 11.3 Å². The molecule has 1 aliphatic rings. The summed E-state index contributed by atoms with van der Waals surface area (Å²) in [6.45, 7) is 6.57. The quantitative estimate of drug-likeness (QED) is 0.647. The molecule has 0 aromatic heterocycles. The molecule has 19 heavy (non-hydrogen) atoms. The Morgan fingerprint density at radius 1 is 1.32 bits per heavy atom. The number of hydrogen-bond donors (Lipinski definition) is 2. The molecular formula is C16H26N2O.